The molecule has 0 radical (unpaired) electrons. The predicted octanol–water partition coefficient (Wildman–Crippen LogP) is 5.05. The molecule has 1 aliphatic heterocycles. The molecule has 2 heterocycles. The number of para-hydroxylation sites is 1. The largest absolute Gasteiger partial charge is 0.447 e. The first-order valence-electron chi connectivity index (χ1n) is 8.99. The van der Waals surface area contributed by atoms with Gasteiger partial charge in [0.05, 0.1) is 16.3 Å². The highest BCUT2D eigenvalue weighted by atomic mass is 35.5. The van der Waals surface area contributed by atoms with Gasteiger partial charge in [0, 0.05) is 18.2 Å². The molecule has 1 amide bonds. The Hall–Kier alpha value is -2.97. The minimum atomic E-state index is -1.17. The third-order valence-corrected chi connectivity index (χ3v) is 5.59. The zero-order valence-corrected chi connectivity index (χ0v) is 17.5. The lowest BCUT2D eigenvalue weighted by atomic mass is 10.1. The first-order valence-corrected chi connectivity index (χ1v) is 10.4. The van der Waals surface area contributed by atoms with Gasteiger partial charge in [-0.3, -0.25) is 9.69 Å². The predicted molar refractivity (Wildman–Crippen MR) is 114 cm³/mol. The summed E-state index contributed by atoms with van der Waals surface area (Å²) < 4.78 is 20.9. The first-order chi connectivity index (χ1) is 14.5. The van der Waals surface area contributed by atoms with Crippen molar-refractivity contribution < 1.29 is 13.9 Å². The summed E-state index contributed by atoms with van der Waals surface area (Å²) in [6.07, 6.45) is 0.544. The minimum Gasteiger partial charge on any atom is -0.447 e. The number of hydrogen-bond donors (Lipinski definition) is 0. The monoisotopic (exact) mass is 442 g/mol. The van der Waals surface area contributed by atoms with Crippen LogP contribution in [0, 0.1) is 5.82 Å². The third kappa shape index (κ3) is 3.64. The molecule has 1 aromatic heterocycles. The van der Waals surface area contributed by atoms with Crippen molar-refractivity contribution in [3.05, 3.63) is 71.5 Å². The highest BCUT2D eigenvalue weighted by molar-refractivity contribution is 7.99. The van der Waals surface area contributed by atoms with E-state index in [-0.39, 0.29) is 22.4 Å². The van der Waals surface area contributed by atoms with Gasteiger partial charge < -0.3 is 4.74 Å². The molecular weight excluding hydrogens is 427 g/mol. The van der Waals surface area contributed by atoms with E-state index in [1.165, 1.54) is 35.7 Å². The Morgan fingerprint density at radius 3 is 2.83 bits per heavy atom. The van der Waals surface area contributed by atoms with Crippen LogP contribution in [0.3, 0.4) is 0 Å². The number of halogens is 2. The van der Waals surface area contributed by atoms with E-state index < -0.39 is 12.0 Å². The number of rotatable bonds is 4. The Bertz CT molecular complexity index is 1120. The fourth-order valence-electron chi connectivity index (χ4n) is 3.18. The molecule has 9 heteroatoms. The second-order valence-corrected chi connectivity index (χ2v) is 7.75. The van der Waals surface area contributed by atoms with E-state index in [9.17, 15) is 9.18 Å². The van der Waals surface area contributed by atoms with Gasteiger partial charge in [0.15, 0.2) is 5.69 Å². The molecule has 1 atom stereocenters. The fraction of sp³-hybridized carbons (Fsp3) is 0.143. The average Bonchev–Trinajstić information content (AvgIpc) is 2.86. The summed E-state index contributed by atoms with van der Waals surface area (Å²) in [4.78, 5) is 18.5. The van der Waals surface area contributed by atoms with Crippen LogP contribution in [-0.2, 0) is 4.79 Å². The van der Waals surface area contributed by atoms with Crippen LogP contribution in [0.4, 0.5) is 10.1 Å². The van der Waals surface area contributed by atoms with Gasteiger partial charge in [-0.1, -0.05) is 53.7 Å². The molecule has 2 aromatic carbocycles. The summed E-state index contributed by atoms with van der Waals surface area (Å²) in [5.41, 5.74) is 1.49. The number of amides is 1. The molecule has 6 nitrogen and oxygen atoms in total. The van der Waals surface area contributed by atoms with Crippen LogP contribution in [0.1, 0.15) is 18.7 Å². The molecule has 0 saturated heterocycles. The van der Waals surface area contributed by atoms with Crippen LogP contribution in [-0.4, -0.2) is 26.8 Å². The molecule has 0 unspecified atom stereocenters. The van der Waals surface area contributed by atoms with E-state index in [1.54, 1.807) is 36.4 Å². The number of nitrogens with zero attached hydrogens (tertiary/aromatic N) is 4. The van der Waals surface area contributed by atoms with Crippen molar-refractivity contribution in [2.45, 2.75) is 18.3 Å². The normalized spacial score (nSPS) is 14.9. The smallest absolute Gasteiger partial charge is 0.247 e. The summed E-state index contributed by atoms with van der Waals surface area (Å²) in [7, 11) is 0. The Morgan fingerprint density at radius 1 is 1.30 bits per heavy atom. The molecule has 4 rings (SSSR count). The number of thioether (sulfide) groups is 1. The van der Waals surface area contributed by atoms with Crippen LogP contribution < -0.4 is 9.64 Å². The third-order valence-electron chi connectivity index (χ3n) is 4.43. The molecular formula is C21H16ClFN4O2S. The van der Waals surface area contributed by atoms with E-state index in [2.05, 4.69) is 21.8 Å². The van der Waals surface area contributed by atoms with Crippen LogP contribution in [0.2, 0.25) is 5.02 Å². The lowest BCUT2D eigenvalue weighted by molar-refractivity contribution is -0.118. The van der Waals surface area contributed by atoms with Gasteiger partial charge in [-0.15, -0.1) is 16.8 Å². The molecule has 0 N–H and O–H groups in total. The van der Waals surface area contributed by atoms with Gasteiger partial charge >= 0.3 is 0 Å². The molecule has 152 valence electrons. The van der Waals surface area contributed by atoms with E-state index >= 15 is 0 Å². The van der Waals surface area contributed by atoms with Gasteiger partial charge in [-0.25, -0.2) is 4.39 Å². The number of benzene rings is 2. The zero-order valence-electron chi connectivity index (χ0n) is 15.9. The van der Waals surface area contributed by atoms with Crippen molar-refractivity contribution in [3.8, 4) is 17.1 Å². The first kappa shape index (κ1) is 20.3. The summed E-state index contributed by atoms with van der Waals surface area (Å²) in [6, 6.07) is 11.4. The summed E-state index contributed by atoms with van der Waals surface area (Å²) in [6.45, 7) is 5.06. The molecule has 3 aromatic rings. The van der Waals surface area contributed by atoms with Gasteiger partial charge in [0.25, 0.3) is 0 Å². The lowest BCUT2D eigenvalue weighted by Crippen LogP contribution is -2.36. The van der Waals surface area contributed by atoms with Gasteiger partial charge in [-0.05, 0) is 18.2 Å². The SMILES string of the molecule is C=CCSc1nnc2c(n1)O[C@@H](c1c(F)cccc1Cl)N(C(C)=O)c1ccccc1-2. The van der Waals surface area contributed by atoms with Crippen molar-refractivity contribution >= 4 is 35.0 Å². The number of carbonyl (C=O) groups is 1. The summed E-state index contributed by atoms with van der Waals surface area (Å²) >= 11 is 7.65. The average molecular weight is 443 g/mol. The van der Waals surface area contributed by atoms with Crippen LogP contribution in [0.15, 0.2) is 60.3 Å². The molecule has 1 aliphatic rings. The van der Waals surface area contributed by atoms with E-state index in [0.29, 0.717) is 27.9 Å². The topological polar surface area (TPSA) is 68.2 Å². The maximum Gasteiger partial charge on any atom is 0.247 e. The van der Waals surface area contributed by atoms with Crippen molar-refractivity contribution in [1.29, 1.82) is 0 Å². The van der Waals surface area contributed by atoms with E-state index in [4.69, 9.17) is 16.3 Å². The van der Waals surface area contributed by atoms with Crippen LogP contribution >= 0.6 is 23.4 Å². The Morgan fingerprint density at radius 2 is 2.10 bits per heavy atom. The second kappa shape index (κ2) is 8.41. The van der Waals surface area contributed by atoms with Gasteiger partial charge in [0.2, 0.25) is 23.2 Å². The second-order valence-electron chi connectivity index (χ2n) is 6.36. The molecule has 0 saturated carbocycles. The molecule has 0 aliphatic carbocycles. The van der Waals surface area contributed by atoms with Crippen molar-refractivity contribution in [1.82, 2.24) is 15.2 Å². The van der Waals surface area contributed by atoms with E-state index in [0.717, 1.165) is 0 Å². The van der Waals surface area contributed by atoms with Crippen molar-refractivity contribution in [3.63, 3.8) is 0 Å². The number of ether oxygens (including phenoxy) is 1. The number of fused-ring (bicyclic) bond motifs is 3. The Labute approximate surface area is 181 Å². The Balaban J connectivity index is 1.96. The maximum absolute atomic E-state index is 14.8. The van der Waals surface area contributed by atoms with Crippen molar-refractivity contribution in [2.75, 3.05) is 10.7 Å². The van der Waals surface area contributed by atoms with Crippen LogP contribution in [0.25, 0.3) is 11.3 Å². The molecule has 0 spiro atoms. The Kier molecular flexibility index (Phi) is 5.69. The van der Waals surface area contributed by atoms with Gasteiger partial charge in [-0.2, -0.15) is 4.98 Å². The lowest BCUT2D eigenvalue weighted by Gasteiger charge is -2.30. The number of aromatic nitrogens is 3. The van der Waals surface area contributed by atoms with Crippen molar-refractivity contribution in [2.24, 2.45) is 0 Å². The molecule has 0 fully saturated rings. The summed E-state index contributed by atoms with van der Waals surface area (Å²) in [5, 5.41) is 8.94. The molecule has 30 heavy (non-hydrogen) atoms. The highest BCUT2D eigenvalue weighted by Crippen LogP contribution is 2.44. The number of carbonyl (C=O) groups excluding carboxylic acids is 1. The number of anilines is 1. The number of hydrogen-bond acceptors (Lipinski definition) is 6. The van der Waals surface area contributed by atoms with E-state index in [1.807, 2.05) is 0 Å². The highest BCUT2D eigenvalue weighted by Gasteiger charge is 2.37. The maximum atomic E-state index is 14.8. The summed E-state index contributed by atoms with van der Waals surface area (Å²) in [5.74, 6) is -0.229. The minimum absolute atomic E-state index is 0.0379. The zero-order chi connectivity index (χ0) is 21.3. The fourth-order valence-corrected chi connectivity index (χ4v) is 3.95. The molecule has 0 bridgehead atoms. The van der Waals surface area contributed by atoms with Gasteiger partial charge in [0.1, 0.15) is 5.82 Å². The standard InChI is InChI=1S/C21H16ClFN4O2S/c1-3-11-30-21-24-19-18(25-26-21)13-7-4-5-10-16(13)27(12(2)28)20(29-19)17-14(22)8-6-9-15(17)23/h3-10,20H,1,11H2,2H3/t20-/m0/s1. The quantitative estimate of drug-likeness (QED) is 0.416. The van der Waals surface area contributed by atoms with Crippen LogP contribution in [0.5, 0.6) is 5.88 Å².